The summed E-state index contributed by atoms with van der Waals surface area (Å²) in [6, 6.07) is 12.3. The molecule has 0 saturated carbocycles. The fraction of sp³-hybridized carbons (Fsp3) is 0.188. The number of aryl methyl sites for hydroxylation is 1. The Labute approximate surface area is 114 Å². The fourth-order valence-electron chi connectivity index (χ4n) is 2.01. The molecule has 2 N–H and O–H groups in total. The SMILES string of the molecule is C=Cc1c(C)cc(NCc2ccccc2)nc1NC. The second kappa shape index (κ2) is 6.05. The van der Waals surface area contributed by atoms with Gasteiger partial charge in [-0.15, -0.1) is 0 Å². The van der Waals surface area contributed by atoms with Crippen molar-refractivity contribution in [2.45, 2.75) is 13.5 Å². The molecule has 0 aliphatic rings. The van der Waals surface area contributed by atoms with E-state index in [1.807, 2.05) is 37.4 Å². The standard InChI is InChI=1S/C16H19N3/c1-4-14-12(2)10-15(19-16(14)17-3)18-11-13-8-6-5-7-9-13/h4-10H,1,11H2,2-3H3,(H2,17,18,19). The van der Waals surface area contributed by atoms with E-state index in [4.69, 9.17) is 0 Å². The second-order valence-electron chi connectivity index (χ2n) is 4.38. The Bertz CT molecular complexity index is 562. The van der Waals surface area contributed by atoms with Crippen molar-refractivity contribution in [1.29, 1.82) is 0 Å². The molecule has 0 radical (unpaired) electrons. The summed E-state index contributed by atoms with van der Waals surface area (Å²) in [6.07, 6.45) is 1.83. The van der Waals surface area contributed by atoms with E-state index in [2.05, 4.69) is 41.3 Å². The van der Waals surface area contributed by atoms with E-state index >= 15 is 0 Å². The van der Waals surface area contributed by atoms with Gasteiger partial charge in [0.2, 0.25) is 0 Å². The number of hydrogen-bond acceptors (Lipinski definition) is 3. The molecule has 3 heteroatoms. The molecule has 0 unspecified atom stereocenters. The molecular formula is C16H19N3. The number of aromatic nitrogens is 1. The van der Waals surface area contributed by atoms with Crippen LogP contribution >= 0.6 is 0 Å². The Morgan fingerprint density at radius 1 is 1.26 bits per heavy atom. The van der Waals surface area contributed by atoms with Crippen molar-refractivity contribution >= 4 is 17.7 Å². The minimum Gasteiger partial charge on any atom is -0.373 e. The number of anilines is 2. The van der Waals surface area contributed by atoms with Gasteiger partial charge in [-0.3, -0.25) is 0 Å². The van der Waals surface area contributed by atoms with Gasteiger partial charge < -0.3 is 10.6 Å². The van der Waals surface area contributed by atoms with Crippen molar-refractivity contribution in [3.63, 3.8) is 0 Å². The number of benzene rings is 1. The van der Waals surface area contributed by atoms with E-state index in [1.165, 1.54) is 5.56 Å². The molecule has 19 heavy (non-hydrogen) atoms. The van der Waals surface area contributed by atoms with Crippen LogP contribution in [0.1, 0.15) is 16.7 Å². The maximum atomic E-state index is 4.54. The minimum absolute atomic E-state index is 0.768. The topological polar surface area (TPSA) is 37.0 Å². The van der Waals surface area contributed by atoms with Gasteiger partial charge in [-0.05, 0) is 24.1 Å². The van der Waals surface area contributed by atoms with Crippen LogP contribution in [0.3, 0.4) is 0 Å². The fourth-order valence-corrected chi connectivity index (χ4v) is 2.01. The average molecular weight is 253 g/mol. The van der Waals surface area contributed by atoms with Gasteiger partial charge >= 0.3 is 0 Å². The average Bonchev–Trinajstić information content (AvgIpc) is 2.45. The first-order valence-corrected chi connectivity index (χ1v) is 6.34. The predicted molar refractivity (Wildman–Crippen MR) is 82.4 cm³/mol. The second-order valence-corrected chi connectivity index (χ2v) is 4.38. The Morgan fingerprint density at radius 2 is 2.00 bits per heavy atom. The molecule has 0 atom stereocenters. The van der Waals surface area contributed by atoms with E-state index in [1.54, 1.807) is 0 Å². The Kier molecular flexibility index (Phi) is 4.18. The summed E-state index contributed by atoms with van der Waals surface area (Å²) < 4.78 is 0. The number of hydrogen-bond donors (Lipinski definition) is 2. The van der Waals surface area contributed by atoms with Crippen LogP contribution in [0.2, 0.25) is 0 Å². The van der Waals surface area contributed by atoms with Gasteiger partial charge in [-0.25, -0.2) is 4.98 Å². The molecule has 3 nitrogen and oxygen atoms in total. The summed E-state index contributed by atoms with van der Waals surface area (Å²) in [7, 11) is 1.87. The molecule has 0 aliphatic carbocycles. The third kappa shape index (κ3) is 3.13. The van der Waals surface area contributed by atoms with Crippen LogP contribution < -0.4 is 10.6 Å². The third-order valence-corrected chi connectivity index (χ3v) is 3.02. The quantitative estimate of drug-likeness (QED) is 0.853. The molecule has 2 aromatic rings. The smallest absolute Gasteiger partial charge is 0.135 e. The van der Waals surface area contributed by atoms with Crippen LogP contribution in [-0.4, -0.2) is 12.0 Å². The van der Waals surface area contributed by atoms with Gasteiger partial charge in [-0.2, -0.15) is 0 Å². The van der Waals surface area contributed by atoms with Gasteiger partial charge in [0.05, 0.1) is 0 Å². The maximum Gasteiger partial charge on any atom is 0.135 e. The van der Waals surface area contributed by atoms with Crippen LogP contribution in [0.15, 0.2) is 43.0 Å². The van der Waals surface area contributed by atoms with Gasteiger partial charge in [0, 0.05) is 19.2 Å². The first-order chi connectivity index (χ1) is 9.24. The zero-order chi connectivity index (χ0) is 13.7. The van der Waals surface area contributed by atoms with Crippen molar-refractivity contribution in [2.75, 3.05) is 17.7 Å². The third-order valence-electron chi connectivity index (χ3n) is 3.02. The summed E-state index contributed by atoms with van der Waals surface area (Å²) in [6.45, 7) is 6.65. The molecule has 98 valence electrons. The predicted octanol–water partition coefficient (Wildman–Crippen LogP) is 3.69. The van der Waals surface area contributed by atoms with Crippen LogP contribution in [0, 0.1) is 6.92 Å². The molecule has 1 aromatic heterocycles. The van der Waals surface area contributed by atoms with Crippen molar-refractivity contribution < 1.29 is 0 Å². The van der Waals surface area contributed by atoms with Crippen LogP contribution in [0.25, 0.3) is 6.08 Å². The lowest BCUT2D eigenvalue weighted by Crippen LogP contribution is -2.05. The molecular weight excluding hydrogens is 234 g/mol. The molecule has 1 aromatic carbocycles. The van der Waals surface area contributed by atoms with E-state index in [9.17, 15) is 0 Å². The lowest BCUT2D eigenvalue weighted by atomic mass is 10.1. The monoisotopic (exact) mass is 253 g/mol. The number of rotatable bonds is 5. The molecule has 0 saturated heterocycles. The summed E-state index contributed by atoms with van der Waals surface area (Å²) in [4.78, 5) is 4.54. The molecule has 0 amide bonds. The molecule has 2 rings (SSSR count). The van der Waals surface area contributed by atoms with Crippen molar-refractivity contribution in [1.82, 2.24) is 4.98 Å². The summed E-state index contributed by atoms with van der Waals surface area (Å²) >= 11 is 0. The van der Waals surface area contributed by atoms with E-state index in [0.29, 0.717) is 0 Å². The molecule has 0 fully saturated rings. The number of nitrogens with one attached hydrogen (secondary N) is 2. The molecule has 0 aliphatic heterocycles. The lowest BCUT2D eigenvalue weighted by molar-refractivity contribution is 1.10. The number of pyridine rings is 1. The van der Waals surface area contributed by atoms with Crippen molar-refractivity contribution in [3.8, 4) is 0 Å². The van der Waals surface area contributed by atoms with Crippen LogP contribution in [0.4, 0.5) is 11.6 Å². The zero-order valence-electron chi connectivity index (χ0n) is 11.4. The normalized spacial score (nSPS) is 10.0. The molecule has 0 spiro atoms. The highest BCUT2D eigenvalue weighted by Gasteiger charge is 2.06. The van der Waals surface area contributed by atoms with Crippen LogP contribution in [0.5, 0.6) is 0 Å². The highest BCUT2D eigenvalue weighted by molar-refractivity contribution is 5.67. The first-order valence-electron chi connectivity index (χ1n) is 6.34. The molecule has 1 heterocycles. The summed E-state index contributed by atoms with van der Waals surface area (Å²) in [5.41, 5.74) is 3.44. The van der Waals surface area contributed by atoms with Gasteiger partial charge in [0.1, 0.15) is 11.6 Å². The van der Waals surface area contributed by atoms with Crippen molar-refractivity contribution in [3.05, 3.63) is 59.7 Å². The minimum atomic E-state index is 0.768. The Balaban J connectivity index is 2.17. The van der Waals surface area contributed by atoms with Gasteiger partial charge in [0.25, 0.3) is 0 Å². The Hall–Kier alpha value is -2.29. The largest absolute Gasteiger partial charge is 0.373 e. The zero-order valence-corrected chi connectivity index (χ0v) is 11.4. The lowest BCUT2D eigenvalue weighted by Gasteiger charge is -2.12. The highest BCUT2D eigenvalue weighted by Crippen LogP contribution is 2.22. The van der Waals surface area contributed by atoms with Crippen LogP contribution in [-0.2, 0) is 6.54 Å². The number of nitrogens with zero attached hydrogens (tertiary/aromatic N) is 1. The maximum absolute atomic E-state index is 4.54. The van der Waals surface area contributed by atoms with E-state index in [-0.39, 0.29) is 0 Å². The summed E-state index contributed by atoms with van der Waals surface area (Å²) in [5, 5.41) is 6.45. The van der Waals surface area contributed by atoms with Gasteiger partial charge in [-0.1, -0.05) is 43.0 Å². The molecule has 0 bridgehead atoms. The first kappa shape index (κ1) is 13.1. The van der Waals surface area contributed by atoms with Gasteiger partial charge in [0.15, 0.2) is 0 Å². The highest BCUT2D eigenvalue weighted by atomic mass is 15.1. The van der Waals surface area contributed by atoms with Crippen molar-refractivity contribution in [2.24, 2.45) is 0 Å². The summed E-state index contributed by atoms with van der Waals surface area (Å²) in [5.74, 6) is 1.72. The van der Waals surface area contributed by atoms with E-state index in [0.717, 1.165) is 29.3 Å². The Morgan fingerprint density at radius 3 is 2.63 bits per heavy atom. The van der Waals surface area contributed by atoms with E-state index < -0.39 is 0 Å².